The summed E-state index contributed by atoms with van der Waals surface area (Å²) in [4.78, 5) is 15.0. The molecular formula is C24H28Cl2N2O7S. The van der Waals surface area contributed by atoms with Gasteiger partial charge in [0.15, 0.2) is 17.2 Å². The van der Waals surface area contributed by atoms with Crippen LogP contribution in [-0.2, 0) is 14.8 Å². The van der Waals surface area contributed by atoms with E-state index in [9.17, 15) is 18.3 Å². The van der Waals surface area contributed by atoms with Gasteiger partial charge in [0.2, 0.25) is 15.9 Å². The fourth-order valence-corrected chi connectivity index (χ4v) is 7.29. The van der Waals surface area contributed by atoms with Crippen LogP contribution in [0.4, 0.5) is 0 Å². The van der Waals surface area contributed by atoms with Gasteiger partial charge in [-0.15, -0.1) is 0 Å². The highest BCUT2D eigenvalue weighted by Gasteiger charge is 2.46. The van der Waals surface area contributed by atoms with E-state index in [1.54, 1.807) is 30.2 Å². The molecule has 2 saturated heterocycles. The first-order valence-electron chi connectivity index (χ1n) is 11.5. The van der Waals surface area contributed by atoms with Gasteiger partial charge in [-0.2, -0.15) is 4.31 Å². The Hall–Kier alpha value is -2.40. The summed E-state index contributed by atoms with van der Waals surface area (Å²) >= 11 is 12.0. The van der Waals surface area contributed by atoms with Crippen LogP contribution in [0.25, 0.3) is 0 Å². The van der Waals surface area contributed by atoms with E-state index < -0.39 is 16.1 Å². The van der Waals surface area contributed by atoms with Crippen molar-refractivity contribution in [1.82, 2.24) is 9.21 Å². The Morgan fingerprint density at radius 3 is 2.39 bits per heavy atom. The number of halogens is 2. The molecule has 2 aliphatic rings. The summed E-state index contributed by atoms with van der Waals surface area (Å²) in [5, 5.41) is 9.52. The summed E-state index contributed by atoms with van der Waals surface area (Å²) in [6.07, 6.45) is 2.32. The monoisotopic (exact) mass is 558 g/mol. The molecule has 0 unspecified atom stereocenters. The lowest BCUT2D eigenvalue weighted by Crippen LogP contribution is -2.53. The molecule has 1 N–H and O–H groups in total. The maximum Gasteiger partial charge on any atom is 0.244 e. The molecule has 2 heterocycles. The molecule has 2 aromatic rings. The van der Waals surface area contributed by atoms with Crippen LogP contribution < -0.4 is 14.2 Å². The number of carbonyl (C=O) groups excluding carboxylic acids is 1. The Kier molecular flexibility index (Phi) is 8.09. The van der Waals surface area contributed by atoms with Crippen molar-refractivity contribution in [2.45, 2.75) is 42.7 Å². The zero-order chi connectivity index (χ0) is 26.0. The first-order valence-corrected chi connectivity index (χ1v) is 13.7. The number of carbonyl (C=O) groups is 1. The summed E-state index contributed by atoms with van der Waals surface area (Å²) < 4.78 is 45.0. The van der Waals surface area contributed by atoms with Crippen LogP contribution >= 0.6 is 23.2 Å². The van der Waals surface area contributed by atoms with Gasteiger partial charge < -0.3 is 24.2 Å². The van der Waals surface area contributed by atoms with Crippen LogP contribution in [0.3, 0.4) is 0 Å². The molecule has 1 amide bonds. The van der Waals surface area contributed by atoms with Crippen LogP contribution in [0.5, 0.6) is 23.0 Å². The number of phenolic OH excluding ortho intramolecular Hbond substituents is 1. The van der Waals surface area contributed by atoms with Gasteiger partial charge in [0.1, 0.15) is 18.4 Å². The first-order chi connectivity index (χ1) is 17.2. The second-order valence-electron chi connectivity index (χ2n) is 8.65. The Morgan fingerprint density at radius 1 is 1.03 bits per heavy atom. The molecule has 2 atom stereocenters. The summed E-state index contributed by atoms with van der Waals surface area (Å²) in [7, 11) is -1.01. The number of nitrogens with zero attached hydrogens (tertiary/aromatic N) is 2. The number of ether oxygens (including phenoxy) is 3. The third-order valence-corrected chi connectivity index (χ3v) is 9.08. The number of methoxy groups -OCH3 is 2. The third kappa shape index (κ3) is 5.18. The largest absolute Gasteiger partial charge is 0.505 e. The maximum atomic E-state index is 13.6. The second kappa shape index (κ2) is 10.9. The van der Waals surface area contributed by atoms with E-state index in [1.165, 1.54) is 11.4 Å². The number of fused-ring (bicyclic) bond motifs is 2. The number of phenols is 1. The Labute approximate surface area is 220 Å². The Balaban J connectivity index is 1.51. The molecule has 0 aromatic heterocycles. The molecular weight excluding hydrogens is 531 g/mol. The number of piperidine rings is 1. The number of hydrogen-bond donors (Lipinski definition) is 1. The highest BCUT2D eigenvalue weighted by atomic mass is 35.5. The van der Waals surface area contributed by atoms with Crippen LogP contribution in [0.15, 0.2) is 35.2 Å². The smallest absolute Gasteiger partial charge is 0.244 e. The van der Waals surface area contributed by atoms with Crippen LogP contribution in [0.1, 0.15) is 25.7 Å². The summed E-state index contributed by atoms with van der Waals surface area (Å²) in [6, 6.07) is 6.36. The quantitative estimate of drug-likeness (QED) is 0.523. The number of sulfonamides is 1. The van der Waals surface area contributed by atoms with Gasteiger partial charge >= 0.3 is 0 Å². The molecule has 0 radical (unpaired) electrons. The zero-order valence-electron chi connectivity index (χ0n) is 19.9. The van der Waals surface area contributed by atoms with Gasteiger partial charge in [-0.3, -0.25) is 4.79 Å². The van der Waals surface area contributed by atoms with E-state index in [-0.39, 0.29) is 39.2 Å². The number of amides is 1. The molecule has 0 spiro atoms. The van der Waals surface area contributed by atoms with E-state index in [4.69, 9.17) is 37.4 Å². The molecule has 2 fully saturated rings. The van der Waals surface area contributed by atoms with Gasteiger partial charge in [-0.25, -0.2) is 8.42 Å². The summed E-state index contributed by atoms with van der Waals surface area (Å²) in [5.74, 6) is 1.04. The van der Waals surface area contributed by atoms with E-state index in [2.05, 4.69) is 0 Å². The molecule has 36 heavy (non-hydrogen) atoms. The fraction of sp³-hybridized carbons (Fsp3) is 0.458. The maximum absolute atomic E-state index is 13.6. The lowest BCUT2D eigenvalue weighted by molar-refractivity contribution is -0.135. The normalized spacial score (nSPS) is 20.7. The van der Waals surface area contributed by atoms with Crippen molar-refractivity contribution in [3.63, 3.8) is 0 Å². The predicted molar refractivity (Wildman–Crippen MR) is 135 cm³/mol. The Bertz CT molecular complexity index is 1220. The second-order valence-corrected chi connectivity index (χ2v) is 11.3. The van der Waals surface area contributed by atoms with Gasteiger partial charge in [-0.1, -0.05) is 23.2 Å². The molecule has 12 heteroatoms. The number of aromatic hydroxyl groups is 1. The Morgan fingerprint density at radius 2 is 1.72 bits per heavy atom. The van der Waals surface area contributed by atoms with E-state index in [0.717, 1.165) is 18.6 Å². The van der Waals surface area contributed by atoms with Crippen molar-refractivity contribution in [2.75, 3.05) is 33.9 Å². The molecule has 196 valence electrons. The minimum Gasteiger partial charge on any atom is -0.505 e. The number of benzene rings is 2. The van der Waals surface area contributed by atoms with Crippen molar-refractivity contribution in [2.24, 2.45) is 0 Å². The van der Waals surface area contributed by atoms with Crippen LogP contribution in [0.2, 0.25) is 10.0 Å². The SMILES string of the molecule is COc1ccc(OCCN2CC[C@H]3CCC[C@@H](C2=O)N3S(=O)(=O)c2cc(Cl)c(O)c(Cl)c2)cc1OC. The zero-order valence-corrected chi connectivity index (χ0v) is 22.3. The molecule has 2 aromatic carbocycles. The van der Waals surface area contributed by atoms with Crippen molar-refractivity contribution >= 4 is 39.1 Å². The van der Waals surface area contributed by atoms with Gasteiger partial charge in [0, 0.05) is 18.7 Å². The first kappa shape index (κ1) is 26.7. The third-order valence-electron chi connectivity index (χ3n) is 6.56. The minimum atomic E-state index is -4.09. The molecule has 2 bridgehead atoms. The van der Waals surface area contributed by atoms with Gasteiger partial charge in [0.05, 0.1) is 35.7 Å². The van der Waals surface area contributed by atoms with Crippen molar-refractivity contribution in [3.8, 4) is 23.0 Å². The summed E-state index contributed by atoms with van der Waals surface area (Å²) in [5.41, 5.74) is 0. The summed E-state index contributed by atoms with van der Waals surface area (Å²) in [6.45, 7) is 0.952. The van der Waals surface area contributed by atoms with Gasteiger partial charge in [-0.05, 0) is 49.9 Å². The van der Waals surface area contributed by atoms with E-state index >= 15 is 0 Å². The van der Waals surface area contributed by atoms with Gasteiger partial charge in [0.25, 0.3) is 0 Å². The van der Waals surface area contributed by atoms with E-state index in [1.807, 2.05) is 0 Å². The molecule has 9 nitrogen and oxygen atoms in total. The van der Waals surface area contributed by atoms with Crippen LogP contribution in [-0.4, -0.2) is 74.6 Å². The van der Waals surface area contributed by atoms with E-state index in [0.29, 0.717) is 49.6 Å². The van der Waals surface area contributed by atoms with Crippen molar-refractivity contribution < 1.29 is 32.5 Å². The molecule has 0 aliphatic carbocycles. The number of rotatable bonds is 8. The standard InChI is InChI=1S/C24H28Cl2N2O7S/c1-33-21-7-6-16(12-22(21)34-2)35-11-10-27-9-8-15-4-3-5-20(24(27)30)28(15)36(31,32)17-13-18(25)23(29)19(26)14-17/h6-7,12-15,20,29H,3-5,8-11H2,1-2H3/t15-,20+/m1/s1. The predicted octanol–water partition coefficient (Wildman–Crippen LogP) is 3.94. The van der Waals surface area contributed by atoms with Crippen molar-refractivity contribution in [1.29, 1.82) is 0 Å². The lowest BCUT2D eigenvalue weighted by atomic mass is 9.97. The topological polar surface area (TPSA) is 106 Å². The fourth-order valence-electron chi connectivity index (χ4n) is 4.76. The van der Waals surface area contributed by atoms with Crippen molar-refractivity contribution in [3.05, 3.63) is 40.4 Å². The highest BCUT2D eigenvalue weighted by molar-refractivity contribution is 7.89. The average molecular weight is 559 g/mol. The minimum absolute atomic E-state index is 0.148. The average Bonchev–Trinajstić information content (AvgIpc) is 2.95. The molecule has 4 rings (SSSR count). The van der Waals surface area contributed by atoms with Crippen LogP contribution in [0, 0.1) is 0 Å². The highest BCUT2D eigenvalue weighted by Crippen LogP contribution is 2.39. The molecule has 0 saturated carbocycles. The molecule has 2 aliphatic heterocycles. The lowest BCUT2D eigenvalue weighted by Gasteiger charge is -2.38. The number of hydrogen-bond acceptors (Lipinski definition) is 7.